The van der Waals surface area contributed by atoms with E-state index < -0.39 is 16.1 Å². The van der Waals surface area contributed by atoms with Crippen LogP contribution in [0.4, 0.5) is 0 Å². The van der Waals surface area contributed by atoms with Gasteiger partial charge >= 0.3 is 0 Å². The number of thiazole rings is 1. The van der Waals surface area contributed by atoms with Gasteiger partial charge in [0.2, 0.25) is 5.91 Å². The molecule has 1 atom stereocenters. The maximum absolute atomic E-state index is 12.2. The summed E-state index contributed by atoms with van der Waals surface area (Å²) in [6.07, 6.45) is 0.582. The summed E-state index contributed by atoms with van der Waals surface area (Å²) in [5, 5.41) is 7.36. The molecule has 28 heavy (non-hydrogen) atoms. The van der Waals surface area contributed by atoms with Crippen LogP contribution >= 0.6 is 22.7 Å². The first-order valence-electron chi connectivity index (χ1n) is 8.70. The highest BCUT2D eigenvalue weighted by molar-refractivity contribution is 7.91. The zero-order valence-corrected chi connectivity index (χ0v) is 18.0. The monoisotopic (exact) mass is 435 g/mol. The average Bonchev–Trinajstić information content (AvgIpc) is 3.34. The van der Waals surface area contributed by atoms with Crippen molar-refractivity contribution in [2.75, 3.05) is 6.54 Å². The topological polar surface area (TPSA) is 88.2 Å². The Morgan fingerprint density at radius 2 is 1.93 bits per heavy atom. The molecule has 0 aliphatic carbocycles. The van der Waals surface area contributed by atoms with Gasteiger partial charge in [0.05, 0.1) is 11.7 Å². The summed E-state index contributed by atoms with van der Waals surface area (Å²) in [6, 6.07) is 10.5. The van der Waals surface area contributed by atoms with E-state index in [1.807, 2.05) is 24.4 Å². The largest absolute Gasteiger partial charge is 0.354 e. The SMILES string of the molecule is Cc1ccc(-c2nc(CCNC(=O)C(C)NS(=O)(=O)c3cccs3)cs2)cc1. The molecular formula is C19H21N3O3S3. The van der Waals surface area contributed by atoms with Crippen molar-refractivity contribution in [2.45, 2.75) is 30.5 Å². The van der Waals surface area contributed by atoms with E-state index in [1.165, 1.54) is 18.6 Å². The minimum absolute atomic E-state index is 0.193. The lowest BCUT2D eigenvalue weighted by Crippen LogP contribution is -2.45. The molecule has 1 unspecified atom stereocenters. The number of sulfonamides is 1. The molecule has 2 heterocycles. The van der Waals surface area contributed by atoms with Gasteiger partial charge in [-0.05, 0) is 25.3 Å². The maximum atomic E-state index is 12.2. The molecule has 9 heteroatoms. The van der Waals surface area contributed by atoms with E-state index in [9.17, 15) is 13.2 Å². The van der Waals surface area contributed by atoms with Crippen LogP contribution in [0, 0.1) is 6.92 Å². The van der Waals surface area contributed by atoms with E-state index >= 15 is 0 Å². The lowest BCUT2D eigenvalue weighted by Gasteiger charge is -2.13. The standard InChI is InChI=1S/C19H21N3O3S3/c1-13-5-7-15(8-6-13)19-21-16(12-27-19)9-10-20-18(23)14(2)22-28(24,25)17-4-3-11-26-17/h3-8,11-12,14,22H,9-10H2,1-2H3,(H,20,23). The molecule has 0 aliphatic heterocycles. The number of aryl methyl sites for hydroxylation is 1. The molecule has 2 N–H and O–H groups in total. The van der Waals surface area contributed by atoms with Gasteiger partial charge in [0, 0.05) is 23.9 Å². The van der Waals surface area contributed by atoms with Crippen LogP contribution in [-0.2, 0) is 21.2 Å². The number of carbonyl (C=O) groups is 1. The fraction of sp³-hybridized carbons (Fsp3) is 0.263. The highest BCUT2D eigenvalue weighted by Gasteiger charge is 2.22. The first-order valence-corrected chi connectivity index (χ1v) is 11.9. The Morgan fingerprint density at radius 1 is 1.18 bits per heavy atom. The minimum Gasteiger partial charge on any atom is -0.354 e. The van der Waals surface area contributed by atoms with Crippen molar-refractivity contribution in [2.24, 2.45) is 0 Å². The number of carbonyl (C=O) groups excluding carboxylic acids is 1. The quantitative estimate of drug-likeness (QED) is 0.569. The molecule has 3 aromatic rings. The normalized spacial score (nSPS) is 12.6. The van der Waals surface area contributed by atoms with E-state index in [0.717, 1.165) is 27.6 Å². The second-order valence-electron chi connectivity index (χ2n) is 6.33. The lowest BCUT2D eigenvalue weighted by atomic mass is 10.2. The minimum atomic E-state index is -3.67. The van der Waals surface area contributed by atoms with Crippen LogP contribution in [0.3, 0.4) is 0 Å². The number of rotatable bonds is 8. The average molecular weight is 436 g/mol. The van der Waals surface area contributed by atoms with Crippen molar-refractivity contribution in [3.8, 4) is 10.6 Å². The zero-order chi connectivity index (χ0) is 20.1. The molecule has 0 saturated carbocycles. The van der Waals surface area contributed by atoms with Crippen LogP contribution in [0.5, 0.6) is 0 Å². The number of nitrogens with one attached hydrogen (secondary N) is 2. The van der Waals surface area contributed by atoms with Gasteiger partial charge in [-0.15, -0.1) is 22.7 Å². The molecule has 2 aromatic heterocycles. The third-order valence-electron chi connectivity index (χ3n) is 4.02. The van der Waals surface area contributed by atoms with Gasteiger partial charge in [-0.3, -0.25) is 4.79 Å². The molecule has 0 radical (unpaired) electrons. The van der Waals surface area contributed by atoms with Crippen molar-refractivity contribution in [3.05, 3.63) is 58.4 Å². The molecule has 0 spiro atoms. The van der Waals surface area contributed by atoms with Crippen molar-refractivity contribution in [1.29, 1.82) is 0 Å². The van der Waals surface area contributed by atoms with Gasteiger partial charge in [-0.25, -0.2) is 13.4 Å². The second-order valence-corrected chi connectivity index (χ2v) is 10.1. The molecule has 0 aliphatic rings. The molecular weight excluding hydrogens is 414 g/mol. The first kappa shape index (κ1) is 20.7. The van der Waals surface area contributed by atoms with Crippen molar-refractivity contribution in [3.63, 3.8) is 0 Å². The van der Waals surface area contributed by atoms with Crippen LogP contribution in [-0.4, -0.2) is 31.9 Å². The second kappa shape index (κ2) is 8.95. The predicted molar refractivity (Wildman–Crippen MR) is 113 cm³/mol. The number of nitrogens with zero attached hydrogens (tertiary/aromatic N) is 1. The summed E-state index contributed by atoms with van der Waals surface area (Å²) < 4.78 is 26.9. The third-order valence-corrected chi connectivity index (χ3v) is 7.89. The van der Waals surface area contributed by atoms with Crippen molar-refractivity contribution < 1.29 is 13.2 Å². The summed E-state index contributed by atoms with van der Waals surface area (Å²) in [5.74, 6) is -0.367. The van der Waals surface area contributed by atoms with Crippen LogP contribution in [0.25, 0.3) is 10.6 Å². The zero-order valence-electron chi connectivity index (χ0n) is 15.5. The Hall–Kier alpha value is -2.07. The van der Waals surface area contributed by atoms with Gasteiger partial charge in [0.25, 0.3) is 10.0 Å². The number of aromatic nitrogens is 1. The van der Waals surface area contributed by atoms with Gasteiger partial charge in [0.1, 0.15) is 9.22 Å². The Balaban J connectivity index is 1.49. The molecule has 148 valence electrons. The molecule has 0 fully saturated rings. The molecule has 3 rings (SSSR count). The van der Waals surface area contributed by atoms with E-state index in [-0.39, 0.29) is 10.1 Å². The Bertz CT molecular complexity index is 1030. The van der Waals surface area contributed by atoms with Gasteiger partial charge in [-0.2, -0.15) is 4.72 Å². The molecule has 1 amide bonds. The van der Waals surface area contributed by atoms with E-state index in [0.29, 0.717) is 13.0 Å². The molecule has 0 saturated heterocycles. The highest BCUT2D eigenvalue weighted by Crippen LogP contribution is 2.24. The maximum Gasteiger partial charge on any atom is 0.250 e. The summed E-state index contributed by atoms with van der Waals surface area (Å²) in [6.45, 7) is 3.96. The van der Waals surface area contributed by atoms with Gasteiger partial charge < -0.3 is 5.32 Å². The predicted octanol–water partition coefficient (Wildman–Crippen LogP) is 3.21. The summed E-state index contributed by atoms with van der Waals surface area (Å²) >= 11 is 2.68. The van der Waals surface area contributed by atoms with Gasteiger partial charge in [-0.1, -0.05) is 35.9 Å². The first-order chi connectivity index (χ1) is 13.3. The van der Waals surface area contributed by atoms with Crippen LogP contribution in [0.15, 0.2) is 51.4 Å². The number of thiophene rings is 1. The van der Waals surface area contributed by atoms with E-state index in [4.69, 9.17) is 0 Å². The highest BCUT2D eigenvalue weighted by atomic mass is 32.2. The summed E-state index contributed by atoms with van der Waals surface area (Å²) in [5.41, 5.74) is 3.17. The van der Waals surface area contributed by atoms with Crippen LogP contribution < -0.4 is 10.0 Å². The van der Waals surface area contributed by atoms with E-state index in [1.54, 1.807) is 22.8 Å². The molecule has 0 bridgehead atoms. The number of hydrogen-bond donors (Lipinski definition) is 2. The lowest BCUT2D eigenvalue weighted by molar-refractivity contribution is -0.122. The Labute approximate surface area is 172 Å². The van der Waals surface area contributed by atoms with Crippen molar-refractivity contribution >= 4 is 38.6 Å². The summed E-state index contributed by atoms with van der Waals surface area (Å²) in [7, 11) is -3.67. The third kappa shape index (κ3) is 5.26. The van der Waals surface area contributed by atoms with Crippen LogP contribution in [0.2, 0.25) is 0 Å². The van der Waals surface area contributed by atoms with Crippen molar-refractivity contribution in [1.82, 2.24) is 15.0 Å². The number of hydrogen-bond acceptors (Lipinski definition) is 6. The number of amides is 1. The smallest absolute Gasteiger partial charge is 0.250 e. The van der Waals surface area contributed by atoms with E-state index in [2.05, 4.69) is 27.2 Å². The molecule has 1 aromatic carbocycles. The fourth-order valence-corrected chi connectivity index (χ4v) is 5.55. The molecule has 6 nitrogen and oxygen atoms in total. The van der Waals surface area contributed by atoms with Crippen LogP contribution in [0.1, 0.15) is 18.2 Å². The fourth-order valence-electron chi connectivity index (χ4n) is 2.48. The number of benzene rings is 1. The Morgan fingerprint density at radius 3 is 2.61 bits per heavy atom. The Kier molecular flexibility index (Phi) is 6.61. The van der Waals surface area contributed by atoms with Gasteiger partial charge in [0.15, 0.2) is 0 Å². The summed E-state index contributed by atoms with van der Waals surface area (Å²) in [4.78, 5) is 16.8.